The van der Waals surface area contributed by atoms with Crippen LogP contribution in [0.2, 0.25) is 0 Å². The van der Waals surface area contributed by atoms with E-state index in [1.54, 1.807) is 0 Å². The van der Waals surface area contributed by atoms with Crippen LogP contribution in [0.3, 0.4) is 0 Å². The Labute approximate surface area is 105 Å². The monoisotopic (exact) mass is 254 g/mol. The van der Waals surface area contributed by atoms with Gasteiger partial charge in [0.2, 0.25) is 11.8 Å². The fourth-order valence-corrected chi connectivity index (χ4v) is 1.38. The van der Waals surface area contributed by atoms with Crippen molar-refractivity contribution in [1.29, 1.82) is 0 Å². The highest BCUT2D eigenvalue weighted by Crippen LogP contribution is 2.27. The van der Waals surface area contributed by atoms with Gasteiger partial charge in [0.1, 0.15) is 6.20 Å². The molecule has 8 heteroatoms. The van der Waals surface area contributed by atoms with Crippen molar-refractivity contribution in [2.24, 2.45) is 5.84 Å². The highest BCUT2D eigenvalue weighted by molar-refractivity contribution is 5.58. The van der Waals surface area contributed by atoms with Crippen LogP contribution in [0.5, 0.6) is 0 Å². The Bertz CT molecular complexity index is 432. The standard InChI is InChI=1S/C10H18N6O2/c1-4-10(3,5-2)14-8-7(16(17)18)6-12-9(13-8)15-11/h6H,4-5,11H2,1-3H3,(H2,12,13,14,15). The average Bonchev–Trinajstić information content (AvgIpc) is 2.38. The number of anilines is 2. The van der Waals surface area contributed by atoms with Crippen molar-refractivity contribution in [2.75, 3.05) is 10.7 Å². The SMILES string of the molecule is CCC(C)(CC)Nc1nc(NN)ncc1[N+](=O)[O-]. The molecule has 0 aliphatic carbocycles. The second-order valence-electron chi connectivity index (χ2n) is 4.22. The van der Waals surface area contributed by atoms with Crippen LogP contribution in [0, 0.1) is 10.1 Å². The number of aromatic nitrogens is 2. The van der Waals surface area contributed by atoms with Gasteiger partial charge in [-0.2, -0.15) is 4.98 Å². The van der Waals surface area contributed by atoms with E-state index in [1.165, 1.54) is 0 Å². The van der Waals surface area contributed by atoms with E-state index in [9.17, 15) is 10.1 Å². The molecular weight excluding hydrogens is 236 g/mol. The quantitative estimate of drug-likeness (QED) is 0.401. The molecule has 0 saturated heterocycles. The second kappa shape index (κ2) is 5.58. The molecule has 0 bridgehead atoms. The molecule has 0 aromatic carbocycles. The molecule has 0 radical (unpaired) electrons. The lowest BCUT2D eigenvalue weighted by Gasteiger charge is -2.28. The first kappa shape index (κ1) is 14.1. The molecule has 4 N–H and O–H groups in total. The van der Waals surface area contributed by atoms with Crippen LogP contribution in [0.15, 0.2) is 6.20 Å². The summed E-state index contributed by atoms with van der Waals surface area (Å²) in [6.45, 7) is 5.99. The summed E-state index contributed by atoms with van der Waals surface area (Å²) in [4.78, 5) is 18.1. The van der Waals surface area contributed by atoms with E-state index in [2.05, 4.69) is 20.7 Å². The number of hydrogen-bond acceptors (Lipinski definition) is 7. The molecule has 0 atom stereocenters. The maximum absolute atomic E-state index is 10.9. The third-order valence-corrected chi connectivity index (χ3v) is 3.08. The van der Waals surface area contributed by atoms with E-state index >= 15 is 0 Å². The van der Waals surface area contributed by atoms with E-state index < -0.39 is 4.92 Å². The van der Waals surface area contributed by atoms with Crippen LogP contribution in [0.4, 0.5) is 17.5 Å². The Morgan fingerprint density at radius 3 is 2.56 bits per heavy atom. The third-order valence-electron chi connectivity index (χ3n) is 3.08. The number of hydrazine groups is 1. The molecule has 0 aliphatic rings. The molecule has 0 saturated carbocycles. The van der Waals surface area contributed by atoms with Crippen molar-refractivity contribution in [1.82, 2.24) is 9.97 Å². The number of nitrogens with two attached hydrogens (primary N) is 1. The predicted octanol–water partition coefficient (Wildman–Crippen LogP) is 1.66. The van der Waals surface area contributed by atoms with E-state index in [-0.39, 0.29) is 23.0 Å². The van der Waals surface area contributed by atoms with Crippen LogP contribution in [-0.4, -0.2) is 20.4 Å². The van der Waals surface area contributed by atoms with Gasteiger partial charge in [0.25, 0.3) is 0 Å². The summed E-state index contributed by atoms with van der Waals surface area (Å²) in [6, 6.07) is 0. The van der Waals surface area contributed by atoms with Crippen molar-refractivity contribution >= 4 is 17.5 Å². The molecule has 0 spiro atoms. The number of hydrogen-bond donors (Lipinski definition) is 3. The van der Waals surface area contributed by atoms with Crippen LogP contribution < -0.4 is 16.6 Å². The Kier molecular flexibility index (Phi) is 4.38. The molecular formula is C10H18N6O2. The zero-order valence-corrected chi connectivity index (χ0v) is 10.7. The Balaban J connectivity index is 3.15. The van der Waals surface area contributed by atoms with Crippen molar-refractivity contribution in [2.45, 2.75) is 39.2 Å². The lowest BCUT2D eigenvalue weighted by molar-refractivity contribution is -0.384. The van der Waals surface area contributed by atoms with Crippen LogP contribution >= 0.6 is 0 Å². The summed E-state index contributed by atoms with van der Waals surface area (Å²) in [7, 11) is 0. The summed E-state index contributed by atoms with van der Waals surface area (Å²) in [5.41, 5.74) is 1.85. The third kappa shape index (κ3) is 3.04. The minimum absolute atomic E-state index is 0.137. The number of nitro groups is 1. The van der Waals surface area contributed by atoms with Gasteiger partial charge in [-0.15, -0.1) is 0 Å². The number of nitrogen functional groups attached to an aromatic ring is 1. The average molecular weight is 254 g/mol. The molecule has 100 valence electrons. The predicted molar refractivity (Wildman–Crippen MR) is 69.1 cm³/mol. The molecule has 0 amide bonds. The molecule has 1 heterocycles. The van der Waals surface area contributed by atoms with E-state index in [0.717, 1.165) is 19.0 Å². The maximum atomic E-state index is 10.9. The smallest absolute Gasteiger partial charge is 0.329 e. The molecule has 1 aromatic heterocycles. The fourth-order valence-electron chi connectivity index (χ4n) is 1.38. The first-order chi connectivity index (χ1) is 8.45. The summed E-state index contributed by atoms with van der Waals surface area (Å²) >= 11 is 0. The Morgan fingerprint density at radius 1 is 1.50 bits per heavy atom. The molecule has 0 fully saturated rings. The van der Waals surface area contributed by atoms with Crippen LogP contribution in [0.25, 0.3) is 0 Å². The zero-order valence-electron chi connectivity index (χ0n) is 10.7. The topological polar surface area (TPSA) is 119 Å². The molecule has 18 heavy (non-hydrogen) atoms. The fraction of sp³-hybridized carbons (Fsp3) is 0.600. The summed E-state index contributed by atoms with van der Waals surface area (Å²) in [5, 5.41) is 14.0. The van der Waals surface area contributed by atoms with Gasteiger partial charge in [0.05, 0.1) is 4.92 Å². The zero-order chi connectivity index (χ0) is 13.8. The first-order valence-corrected chi connectivity index (χ1v) is 5.72. The van der Waals surface area contributed by atoms with Gasteiger partial charge in [0.15, 0.2) is 0 Å². The number of nitrogens with zero attached hydrogens (tertiary/aromatic N) is 3. The normalized spacial score (nSPS) is 11.1. The molecule has 1 aromatic rings. The first-order valence-electron chi connectivity index (χ1n) is 5.72. The van der Waals surface area contributed by atoms with Crippen molar-refractivity contribution in [3.63, 3.8) is 0 Å². The molecule has 0 aliphatic heterocycles. The van der Waals surface area contributed by atoms with Gasteiger partial charge in [0, 0.05) is 5.54 Å². The lowest BCUT2D eigenvalue weighted by Crippen LogP contribution is -2.34. The Morgan fingerprint density at radius 2 is 2.11 bits per heavy atom. The van der Waals surface area contributed by atoms with E-state index in [1.807, 2.05) is 20.8 Å². The number of nitrogens with one attached hydrogen (secondary N) is 2. The van der Waals surface area contributed by atoms with E-state index in [4.69, 9.17) is 5.84 Å². The highest BCUT2D eigenvalue weighted by Gasteiger charge is 2.25. The van der Waals surface area contributed by atoms with Gasteiger partial charge in [-0.3, -0.25) is 15.5 Å². The van der Waals surface area contributed by atoms with Crippen molar-refractivity contribution in [3.8, 4) is 0 Å². The van der Waals surface area contributed by atoms with Gasteiger partial charge in [-0.05, 0) is 19.8 Å². The molecule has 8 nitrogen and oxygen atoms in total. The summed E-state index contributed by atoms with van der Waals surface area (Å²) in [6.07, 6.45) is 2.77. The van der Waals surface area contributed by atoms with Gasteiger partial charge in [-0.1, -0.05) is 13.8 Å². The minimum Gasteiger partial charge on any atom is -0.359 e. The lowest BCUT2D eigenvalue weighted by atomic mass is 9.95. The van der Waals surface area contributed by atoms with Gasteiger partial charge >= 0.3 is 5.69 Å². The largest absolute Gasteiger partial charge is 0.359 e. The van der Waals surface area contributed by atoms with Crippen molar-refractivity contribution in [3.05, 3.63) is 16.3 Å². The number of rotatable bonds is 6. The summed E-state index contributed by atoms with van der Waals surface area (Å²) < 4.78 is 0. The van der Waals surface area contributed by atoms with Crippen LogP contribution in [-0.2, 0) is 0 Å². The maximum Gasteiger partial charge on any atom is 0.329 e. The minimum atomic E-state index is -0.519. The second-order valence-corrected chi connectivity index (χ2v) is 4.22. The molecule has 0 unspecified atom stereocenters. The van der Waals surface area contributed by atoms with Crippen LogP contribution in [0.1, 0.15) is 33.6 Å². The van der Waals surface area contributed by atoms with Gasteiger partial charge < -0.3 is 5.32 Å². The van der Waals surface area contributed by atoms with Crippen molar-refractivity contribution < 1.29 is 4.92 Å². The van der Waals surface area contributed by atoms with Gasteiger partial charge in [-0.25, -0.2) is 10.8 Å². The summed E-state index contributed by atoms with van der Waals surface area (Å²) in [5.74, 6) is 5.51. The molecule has 1 rings (SSSR count). The highest BCUT2D eigenvalue weighted by atomic mass is 16.6. The Hall–Kier alpha value is -1.96. The van der Waals surface area contributed by atoms with E-state index in [0.29, 0.717) is 0 Å².